The Morgan fingerprint density at radius 3 is 2.40 bits per heavy atom. The van der Waals surface area contributed by atoms with Crippen LogP contribution in [0.2, 0.25) is 0 Å². The number of nitrogens with zero attached hydrogens (tertiary/aromatic N) is 2. The van der Waals surface area contributed by atoms with Crippen molar-refractivity contribution in [1.82, 2.24) is 4.90 Å². The molecule has 0 aliphatic heterocycles. The molecule has 0 amide bonds. The van der Waals surface area contributed by atoms with Gasteiger partial charge in [0.15, 0.2) is 0 Å². The molecule has 1 saturated carbocycles. The second-order valence-electron chi connectivity index (χ2n) is 8.89. The largest absolute Gasteiger partial charge is 0.296 e. The normalized spacial score (nSPS) is 17.6. The third-order valence-corrected chi connectivity index (χ3v) is 6.93. The van der Waals surface area contributed by atoms with E-state index >= 15 is 0 Å². The summed E-state index contributed by atoms with van der Waals surface area (Å²) in [5, 5.41) is 10.4. The first-order valence-corrected chi connectivity index (χ1v) is 11.5. The Balaban J connectivity index is 1.80. The maximum atomic E-state index is 14.9. The average molecular weight is 407 g/mol. The van der Waals surface area contributed by atoms with Crippen LogP contribution in [0.4, 0.5) is 4.39 Å². The summed E-state index contributed by atoms with van der Waals surface area (Å²) >= 11 is 0. The number of hydrogen-bond acceptors (Lipinski definition) is 2. The van der Waals surface area contributed by atoms with Gasteiger partial charge in [-0.2, -0.15) is 5.26 Å². The van der Waals surface area contributed by atoms with Gasteiger partial charge in [0.05, 0.1) is 11.5 Å². The number of halogens is 1. The minimum Gasteiger partial charge on any atom is -0.296 e. The van der Waals surface area contributed by atoms with Gasteiger partial charge in [-0.05, 0) is 63.1 Å². The molecule has 1 fully saturated rings. The van der Waals surface area contributed by atoms with Crippen LogP contribution in [0.1, 0.15) is 69.9 Å². The van der Waals surface area contributed by atoms with Gasteiger partial charge in [-0.1, -0.05) is 68.3 Å². The van der Waals surface area contributed by atoms with Crippen LogP contribution < -0.4 is 0 Å². The first-order valence-electron chi connectivity index (χ1n) is 11.5. The minimum absolute atomic E-state index is 0.228. The lowest BCUT2D eigenvalue weighted by atomic mass is 9.67. The fraction of sp³-hybridized carbons (Fsp3) is 0.519. The highest BCUT2D eigenvalue weighted by Crippen LogP contribution is 2.46. The van der Waals surface area contributed by atoms with E-state index in [4.69, 9.17) is 0 Å². The number of nitriles is 1. The molecule has 0 spiro atoms. The summed E-state index contributed by atoms with van der Waals surface area (Å²) in [5.74, 6) is 0.0219. The Bertz CT molecular complexity index is 822. The molecule has 3 heteroatoms. The van der Waals surface area contributed by atoms with Crippen molar-refractivity contribution in [3.63, 3.8) is 0 Å². The van der Waals surface area contributed by atoms with Gasteiger partial charge in [0.2, 0.25) is 0 Å². The molecule has 30 heavy (non-hydrogen) atoms. The highest BCUT2D eigenvalue weighted by Gasteiger charge is 2.43. The molecule has 1 aliphatic carbocycles. The smallest absolute Gasteiger partial charge is 0.128 e. The van der Waals surface area contributed by atoms with Gasteiger partial charge in [0.1, 0.15) is 5.82 Å². The van der Waals surface area contributed by atoms with Gasteiger partial charge in [0.25, 0.3) is 0 Å². The van der Waals surface area contributed by atoms with Crippen molar-refractivity contribution >= 4 is 0 Å². The van der Waals surface area contributed by atoms with E-state index in [1.54, 1.807) is 6.07 Å². The maximum absolute atomic E-state index is 14.9. The summed E-state index contributed by atoms with van der Waals surface area (Å²) in [6, 6.07) is 20.5. The van der Waals surface area contributed by atoms with Crippen LogP contribution in [0.25, 0.3) is 0 Å². The molecular weight excluding hydrogens is 371 g/mol. The van der Waals surface area contributed by atoms with Crippen LogP contribution in [0.5, 0.6) is 0 Å². The van der Waals surface area contributed by atoms with Gasteiger partial charge < -0.3 is 0 Å². The van der Waals surface area contributed by atoms with E-state index in [2.05, 4.69) is 49.1 Å². The first kappa shape index (κ1) is 22.5. The monoisotopic (exact) mass is 406 g/mol. The Hall–Kier alpha value is -2.18. The van der Waals surface area contributed by atoms with Crippen LogP contribution in [0.3, 0.4) is 0 Å². The molecule has 0 aromatic heterocycles. The van der Waals surface area contributed by atoms with Gasteiger partial charge in [-0.15, -0.1) is 0 Å². The number of hydrogen-bond donors (Lipinski definition) is 0. The number of benzene rings is 2. The van der Waals surface area contributed by atoms with E-state index in [0.717, 1.165) is 51.6 Å². The topological polar surface area (TPSA) is 27.0 Å². The van der Waals surface area contributed by atoms with Crippen LogP contribution in [0, 0.1) is 23.1 Å². The maximum Gasteiger partial charge on any atom is 0.128 e. The quantitative estimate of drug-likeness (QED) is 0.431. The molecule has 1 aliphatic rings. The third kappa shape index (κ3) is 5.10. The Kier molecular flexibility index (Phi) is 8.05. The zero-order valence-corrected chi connectivity index (χ0v) is 18.5. The molecule has 2 atom stereocenters. The fourth-order valence-electron chi connectivity index (χ4n) is 5.19. The van der Waals surface area contributed by atoms with E-state index in [1.165, 1.54) is 11.6 Å². The Morgan fingerprint density at radius 1 is 1.10 bits per heavy atom. The lowest BCUT2D eigenvalue weighted by Gasteiger charge is -2.36. The van der Waals surface area contributed by atoms with Crippen molar-refractivity contribution in [2.75, 3.05) is 6.54 Å². The second-order valence-corrected chi connectivity index (χ2v) is 8.89. The summed E-state index contributed by atoms with van der Waals surface area (Å²) < 4.78 is 14.9. The van der Waals surface area contributed by atoms with Crippen molar-refractivity contribution < 1.29 is 4.39 Å². The molecule has 0 heterocycles. The van der Waals surface area contributed by atoms with Crippen LogP contribution in [0.15, 0.2) is 54.6 Å². The molecule has 0 saturated heterocycles. The standard InChI is InChI=1S/C27H35FN2/c1-3-19-30(20-23-11-5-4-6-12-23)22(2)17-18-27(21-29,24-13-7-8-14-24)25-15-9-10-16-26(25)28/h4-6,9-12,15-16,22,24H,3,7-8,13-14,17-20H2,1-2H3. The predicted molar refractivity (Wildman–Crippen MR) is 121 cm³/mol. The molecule has 0 N–H and O–H groups in total. The lowest BCUT2D eigenvalue weighted by Crippen LogP contribution is -2.38. The SMILES string of the molecule is CCCN(Cc1ccccc1)C(C)CCC(C#N)(c1ccccc1F)C1CCCC1. The van der Waals surface area contributed by atoms with Crippen molar-refractivity contribution in [2.24, 2.45) is 5.92 Å². The predicted octanol–water partition coefficient (Wildman–Crippen LogP) is 6.86. The molecule has 2 nitrogen and oxygen atoms in total. The third-order valence-electron chi connectivity index (χ3n) is 6.93. The van der Waals surface area contributed by atoms with Crippen LogP contribution in [-0.2, 0) is 12.0 Å². The average Bonchev–Trinajstić information content (AvgIpc) is 3.31. The van der Waals surface area contributed by atoms with E-state index < -0.39 is 5.41 Å². The minimum atomic E-state index is -0.721. The van der Waals surface area contributed by atoms with Gasteiger partial charge in [-0.25, -0.2) is 4.39 Å². The zero-order valence-electron chi connectivity index (χ0n) is 18.5. The molecule has 3 rings (SSSR count). The van der Waals surface area contributed by atoms with Crippen molar-refractivity contribution in [3.8, 4) is 6.07 Å². The molecule has 2 aromatic carbocycles. The van der Waals surface area contributed by atoms with Gasteiger partial charge in [0, 0.05) is 18.2 Å². The van der Waals surface area contributed by atoms with Crippen LogP contribution in [-0.4, -0.2) is 17.5 Å². The molecule has 160 valence electrons. The summed E-state index contributed by atoms with van der Waals surface area (Å²) in [5.41, 5.74) is 1.20. The first-order chi connectivity index (χ1) is 14.6. The molecule has 0 bridgehead atoms. The zero-order chi connectivity index (χ0) is 21.4. The van der Waals surface area contributed by atoms with Gasteiger partial charge in [-0.3, -0.25) is 4.90 Å². The molecule has 2 aromatic rings. The van der Waals surface area contributed by atoms with E-state index in [1.807, 2.05) is 18.2 Å². The highest BCUT2D eigenvalue weighted by atomic mass is 19.1. The summed E-state index contributed by atoms with van der Waals surface area (Å²) in [4.78, 5) is 2.51. The number of rotatable bonds is 10. The van der Waals surface area contributed by atoms with E-state index in [9.17, 15) is 9.65 Å². The lowest BCUT2D eigenvalue weighted by molar-refractivity contribution is 0.174. The summed E-state index contributed by atoms with van der Waals surface area (Å²) in [6.07, 6.45) is 7.05. The van der Waals surface area contributed by atoms with Crippen LogP contribution >= 0.6 is 0 Å². The Morgan fingerprint density at radius 2 is 1.77 bits per heavy atom. The van der Waals surface area contributed by atoms with Crippen molar-refractivity contribution in [3.05, 3.63) is 71.5 Å². The highest BCUT2D eigenvalue weighted by molar-refractivity contribution is 5.35. The fourth-order valence-corrected chi connectivity index (χ4v) is 5.19. The molecule has 0 radical (unpaired) electrons. The van der Waals surface area contributed by atoms with E-state index in [-0.39, 0.29) is 11.7 Å². The molecular formula is C27H35FN2. The van der Waals surface area contributed by atoms with Crippen molar-refractivity contribution in [1.29, 1.82) is 5.26 Å². The van der Waals surface area contributed by atoms with Crippen molar-refractivity contribution in [2.45, 2.75) is 76.8 Å². The Labute approximate surface area is 181 Å². The second kappa shape index (κ2) is 10.7. The summed E-state index contributed by atoms with van der Waals surface area (Å²) in [7, 11) is 0. The molecule has 2 unspecified atom stereocenters. The van der Waals surface area contributed by atoms with Gasteiger partial charge >= 0.3 is 0 Å². The summed E-state index contributed by atoms with van der Waals surface area (Å²) in [6.45, 7) is 6.41. The van der Waals surface area contributed by atoms with E-state index in [0.29, 0.717) is 18.0 Å².